The van der Waals surface area contributed by atoms with E-state index in [-0.39, 0.29) is 16.7 Å². The Balaban J connectivity index is 1.49. The van der Waals surface area contributed by atoms with Gasteiger partial charge in [0.2, 0.25) is 0 Å². The maximum absolute atomic E-state index is 13.0. The van der Waals surface area contributed by atoms with Crippen LogP contribution in [0.15, 0.2) is 83.3 Å². The fraction of sp³-hybridized carbons (Fsp3) is 0. The minimum absolute atomic E-state index is 0.0168. The quantitative estimate of drug-likeness (QED) is 0.210. The van der Waals surface area contributed by atoms with Crippen molar-refractivity contribution < 1.29 is 14.0 Å². The second kappa shape index (κ2) is 10.4. The van der Waals surface area contributed by atoms with Gasteiger partial charge in [-0.3, -0.25) is 14.9 Å². The van der Waals surface area contributed by atoms with Gasteiger partial charge in [0.1, 0.15) is 5.76 Å². The number of hydrogen-bond acceptors (Lipinski definition) is 4. The molecule has 0 spiro atoms. The summed E-state index contributed by atoms with van der Waals surface area (Å²) < 4.78 is 5.64. The molecule has 2 N–H and O–H groups in total. The molecule has 34 heavy (non-hydrogen) atoms. The summed E-state index contributed by atoms with van der Waals surface area (Å²) >= 11 is 23.5. The zero-order valence-electron chi connectivity index (χ0n) is 17.3. The van der Waals surface area contributed by atoms with Crippen LogP contribution in [0, 0.1) is 0 Å². The molecule has 1 amide bonds. The number of benzene rings is 3. The number of halogens is 3. The SMILES string of the molecule is O=C(NC(=S)Nc1ccc(Cl)cc1C(=O)c1ccccc1)c1ccc(-c2ccc(Cl)cc2Cl)o1. The second-order valence-corrected chi connectivity index (χ2v) is 8.77. The number of furan rings is 1. The van der Waals surface area contributed by atoms with Gasteiger partial charge in [-0.15, -0.1) is 0 Å². The summed E-state index contributed by atoms with van der Waals surface area (Å²) in [6.45, 7) is 0. The molecule has 5 nitrogen and oxygen atoms in total. The first-order chi connectivity index (χ1) is 16.3. The van der Waals surface area contributed by atoms with Gasteiger partial charge >= 0.3 is 0 Å². The minimum atomic E-state index is -0.571. The summed E-state index contributed by atoms with van der Waals surface area (Å²) in [5, 5.41) is 6.69. The number of carbonyl (C=O) groups excluding carboxylic acids is 2. The first-order valence-electron chi connectivity index (χ1n) is 9.89. The monoisotopic (exact) mass is 528 g/mol. The van der Waals surface area contributed by atoms with Crippen LogP contribution < -0.4 is 10.6 Å². The van der Waals surface area contributed by atoms with Crippen LogP contribution in [0.2, 0.25) is 15.1 Å². The molecule has 0 aliphatic carbocycles. The van der Waals surface area contributed by atoms with Crippen molar-refractivity contribution in [1.82, 2.24) is 5.32 Å². The molecule has 0 unspecified atom stereocenters. The van der Waals surface area contributed by atoms with Gasteiger partial charge in [-0.1, -0.05) is 65.1 Å². The van der Waals surface area contributed by atoms with Crippen LogP contribution in [-0.4, -0.2) is 16.8 Å². The fourth-order valence-corrected chi connectivity index (χ4v) is 4.05. The van der Waals surface area contributed by atoms with E-state index in [1.807, 2.05) is 6.07 Å². The molecular weight excluding hydrogens is 515 g/mol. The van der Waals surface area contributed by atoms with E-state index in [1.54, 1.807) is 66.7 Å². The minimum Gasteiger partial charge on any atom is -0.451 e. The van der Waals surface area contributed by atoms with Crippen LogP contribution >= 0.6 is 47.0 Å². The van der Waals surface area contributed by atoms with E-state index >= 15 is 0 Å². The normalized spacial score (nSPS) is 10.6. The van der Waals surface area contributed by atoms with Crippen LogP contribution in [0.25, 0.3) is 11.3 Å². The van der Waals surface area contributed by atoms with Gasteiger partial charge in [0.05, 0.1) is 10.7 Å². The van der Waals surface area contributed by atoms with Crippen LogP contribution in [0.5, 0.6) is 0 Å². The Morgan fingerprint density at radius 1 is 0.824 bits per heavy atom. The van der Waals surface area contributed by atoms with Crippen molar-refractivity contribution in [3.05, 3.63) is 111 Å². The lowest BCUT2D eigenvalue weighted by atomic mass is 10.0. The van der Waals surface area contributed by atoms with Gasteiger partial charge in [-0.2, -0.15) is 0 Å². The summed E-state index contributed by atoms with van der Waals surface area (Å²) in [7, 11) is 0. The van der Waals surface area contributed by atoms with Crippen molar-refractivity contribution >= 4 is 69.5 Å². The molecule has 0 saturated carbocycles. The lowest BCUT2D eigenvalue weighted by Gasteiger charge is -2.13. The number of rotatable bonds is 5. The molecule has 0 aliphatic heterocycles. The number of ketones is 1. The predicted octanol–water partition coefficient (Wildman–Crippen LogP) is 7.26. The van der Waals surface area contributed by atoms with Crippen molar-refractivity contribution in [3.8, 4) is 11.3 Å². The molecule has 0 fully saturated rings. The first kappa shape index (κ1) is 24.0. The van der Waals surface area contributed by atoms with Gasteiger partial charge in [0.15, 0.2) is 16.7 Å². The summed E-state index contributed by atoms with van der Waals surface area (Å²) in [5.41, 5.74) is 1.80. The highest BCUT2D eigenvalue weighted by Gasteiger charge is 2.18. The lowest BCUT2D eigenvalue weighted by molar-refractivity contribution is 0.0951. The first-order valence-corrected chi connectivity index (χ1v) is 11.4. The van der Waals surface area contributed by atoms with E-state index in [1.165, 1.54) is 6.07 Å². The summed E-state index contributed by atoms with van der Waals surface area (Å²) in [6.07, 6.45) is 0. The van der Waals surface area contributed by atoms with Crippen molar-refractivity contribution in [1.29, 1.82) is 0 Å². The molecule has 3 aromatic carbocycles. The Hall–Kier alpha value is -3.16. The summed E-state index contributed by atoms with van der Waals surface area (Å²) in [5.74, 6) is -0.380. The van der Waals surface area contributed by atoms with Crippen LogP contribution in [0.1, 0.15) is 26.5 Å². The lowest BCUT2D eigenvalue weighted by Crippen LogP contribution is -2.34. The second-order valence-electron chi connectivity index (χ2n) is 7.08. The number of hydrogen-bond donors (Lipinski definition) is 2. The standard InChI is InChI=1S/C25H15Cl3N2O3S/c26-15-7-9-20(18(12-15)23(31)14-4-2-1-3-5-14)29-25(34)30-24(32)22-11-10-21(33-22)17-8-6-16(27)13-19(17)28/h1-13H,(H2,29,30,32,34). The van der Waals surface area contributed by atoms with Gasteiger partial charge in [0, 0.05) is 26.7 Å². The van der Waals surface area contributed by atoms with Crippen molar-refractivity contribution in [3.63, 3.8) is 0 Å². The summed E-state index contributed by atoms with van der Waals surface area (Å²) in [6, 6.07) is 21.6. The molecule has 0 atom stereocenters. The van der Waals surface area contributed by atoms with E-state index in [2.05, 4.69) is 10.6 Å². The van der Waals surface area contributed by atoms with E-state index in [0.29, 0.717) is 43.2 Å². The smallest absolute Gasteiger partial charge is 0.293 e. The topological polar surface area (TPSA) is 71.3 Å². The highest BCUT2D eigenvalue weighted by Crippen LogP contribution is 2.31. The van der Waals surface area contributed by atoms with E-state index in [4.69, 9.17) is 51.4 Å². The average Bonchev–Trinajstić information content (AvgIpc) is 3.30. The molecule has 0 saturated heterocycles. The van der Waals surface area contributed by atoms with Crippen LogP contribution in [0.4, 0.5) is 5.69 Å². The van der Waals surface area contributed by atoms with Crippen LogP contribution in [0.3, 0.4) is 0 Å². The highest BCUT2D eigenvalue weighted by molar-refractivity contribution is 7.80. The van der Waals surface area contributed by atoms with Gasteiger partial charge < -0.3 is 9.73 Å². The van der Waals surface area contributed by atoms with Crippen molar-refractivity contribution in [2.24, 2.45) is 0 Å². The molecular formula is C25H15Cl3N2O3S. The van der Waals surface area contributed by atoms with E-state index < -0.39 is 5.91 Å². The number of amides is 1. The maximum atomic E-state index is 13.0. The molecule has 9 heteroatoms. The number of nitrogens with one attached hydrogen (secondary N) is 2. The highest BCUT2D eigenvalue weighted by atomic mass is 35.5. The Morgan fingerprint density at radius 3 is 2.26 bits per heavy atom. The predicted molar refractivity (Wildman–Crippen MR) is 139 cm³/mol. The van der Waals surface area contributed by atoms with Gasteiger partial charge in [-0.25, -0.2) is 0 Å². The third kappa shape index (κ3) is 5.48. The molecule has 1 aromatic heterocycles. The molecule has 4 aromatic rings. The van der Waals surface area contributed by atoms with Gasteiger partial charge in [0.25, 0.3) is 5.91 Å². The van der Waals surface area contributed by atoms with E-state index in [9.17, 15) is 9.59 Å². The van der Waals surface area contributed by atoms with E-state index in [0.717, 1.165) is 0 Å². The maximum Gasteiger partial charge on any atom is 0.293 e. The number of thiocarbonyl (C=S) groups is 1. The number of anilines is 1. The fourth-order valence-electron chi connectivity index (χ4n) is 3.17. The molecule has 4 rings (SSSR count). The Labute approximate surface area is 215 Å². The Kier molecular flexibility index (Phi) is 7.34. The molecule has 170 valence electrons. The largest absolute Gasteiger partial charge is 0.451 e. The third-order valence-corrected chi connectivity index (χ3v) is 5.75. The average molecular weight is 530 g/mol. The Morgan fingerprint density at radius 2 is 1.53 bits per heavy atom. The third-order valence-electron chi connectivity index (χ3n) is 4.76. The van der Waals surface area contributed by atoms with Gasteiger partial charge in [-0.05, 0) is 60.7 Å². The molecule has 0 aliphatic rings. The molecule has 1 heterocycles. The van der Waals surface area contributed by atoms with Crippen molar-refractivity contribution in [2.75, 3.05) is 5.32 Å². The summed E-state index contributed by atoms with van der Waals surface area (Å²) in [4.78, 5) is 25.6. The number of carbonyl (C=O) groups is 2. The zero-order valence-corrected chi connectivity index (χ0v) is 20.4. The molecule has 0 bridgehead atoms. The zero-order chi connectivity index (χ0) is 24.2. The Bertz CT molecular complexity index is 1400. The van der Waals surface area contributed by atoms with Crippen LogP contribution in [-0.2, 0) is 0 Å². The van der Waals surface area contributed by atoms with Crippen molar-refractivity contribution in [2.45, 2.75) is 0 Å². The molecule has 0 radical (unpaired) electrons.